The lowest BCUT2D eigenvalue weighted by Gasteiger charge is -2.15. The van der Waals surface area contributed by atoms with Crippen molar-refractivity contribution in [3.05, 3.63) is 52.6 Å². The quantitative estimate of drug-likeness (QED) is 0.775. The summed E-state index contributed by atoms with van der Waals surface area (Å²) in [5.74, 6) is 0. The van der Waals surface area contributed by atoms with E-state index < -0.39 is 0 Å². The molecule has 1 N–H and O–H groups in total. The Labute approximate surface area is 116 Å². The molecule has 2 aromatic heterocycles. The van der Waals surface area contributed by atoms with Crippen molar-refractivity contribution in [1.29, 1.82) is 0 Å². The summed E-state index contributed by atoms with van der Waals surface area (Å²) in [4.78, 5) is 8.81. The number of hydrogen-bond donors (Lipinski definition) is 1. The first-order chi connectivity index (χ1) is 9.25. The molecule has 19 heavy (non-hydrogen) atoms. The molecule has 0 aliphatic carbocycles. The maximum absolute atomic E-state index is 4.46. The Hall–Kier alpha value is -1.94. The maximum atomic E-state index is 4.46. The summed E-state index contributed by atoms with van der Waals surface area (Å²) in [5, 5.41) is 7.78. The molecular formula is C15H15N3S. The second-order valence-corrected chi connectivity index (χ2v) is 5.49. The molecule has 0 spiro atoms. The number of rotatable bonds is 3. The number of aryl methyl sites for hydroxylation is 1. The highest BCUT2D eigenvalue weighted by atomic mass is 32.1. The largest absolute Gasteiger partial charge is 0.376 e. The van der Waals surface area contributed by atoms with Crippen molar-refractivity contribution in [2.75, 3.05) is 5.32 Å². The van der Waals surface area contributed by atoms with E-state index in [0.717, 1.165) is 21.6 Å². The molecule has 2 heterocycles. The number of pyridine rings is 1. The van der Waals surface area contributed by atoms with Gasteiger partial charge in [0.15, 0.2) is 0 Å². The minimum absolute atomic E-state index is 0.200. The molecule has 0 aliphatic rings. The van der Waals surface area contributed by atoms with Crippen LogP contribution >= 0.6 is 11.3 Å². The summed E-state index contributed by atoms with van der Waals surface area (Å²) >= 11 is 1.67. The molecule has 0 saturated carbocycles. The van der Waals surface area contributed by atoms with Gasteiger partial charge in [-0.3, -0.25) is 4.98 Å². The summed E-state index contributed by atoms with van der Waals surface area (Å²) in [5.41, 5.74) is 3.36. The van der Waals surface area contributed by atoms with Crippen LogP contribution in [0.25, 0.3) is 10.9 Å². The summed E-state index contributed by atoms with van der Waals surface area (Å²) in [7, 11) is 0. The number of benzene rings is 1. The number of nitrogens with zero attached hydrogens (tertiary/aromatic N) is 2. The van der Waals surface area contributed by atoms with E-state index in [1.807, 2.05) is 23.8 Å². The van der Waals surface area contributed by atoms with Gasteiger partial charge in [0, 0.05) is 28.8 Å². The minimum Gasteiger partial charge on any atom is -0.376 e. The Morgan fingerprint density at radius 3 is 2.84 bits per heavy atom. The Morgan fingerprint density at radius 2 is 2.05 bits per heavy atom. The van der Waals surface area contributed by atoms with Crippen LogP contribution in [-0.2, 0) is 0 Å². The summed E-state index contributed by atoms with van der Waals surface area (Å²) < 4.78 is 0. The zero-order valence-corrected chi connectivity index (χ0v) is 11.7. The number of thiazole rings is 1. The van der Waals surface area contributed by atoms with E-state index in [-0.39, 0.29) is 6.04 Å². The van der Waals surface area contributed by atoms with Crippen molar-refractivity contribution in [2.24, 2.45) is 0 Å². The minimum atomic E-state index is 0.200. The van der Waals surface area contributed by atoms with E-state index in [0.29, 0.717) is 0 Å². The number of anilines is 1. The average Bonchev–Trinajstić information content (AvgIpc) is 2.96. The third-order valence-corrected chi connectivity index (χ3v) is 4.12. The molecule has 1 unspecified atom stereocenters. The molecule has 0 fully saturated rings. The van der Waals surface area contributed by atoms with Crippen LogP contribution in [0.1, 0.15) is 23.5 Å². The van der Waals surface area contributed by atoms with Gasteiger partial charge in [0.1, 0.15) is 5.01 Å². The number of aromatic nitrogens is 2. The van der Waals surface area contributed by atoms with Gasteiger partial charge in [0.05, 0.1) is 11.6 Å². The topological polar surface area (TPSA) is 37.8 Å². The second-order valence-electron chi connectivity index (χ2n) is 4.57. The molecule has 0 amide bonds. The van der Waals surface area contributed by atoms with E-state index in [1.54, 1.807) is 11.3 Å². The predicted molar refractivity (Wildman–Crippen MR) is 80.6 cm³/mol. The number of nitrogens with one attached hydrogen (secondary N) is 1. The van der Waals surface area contributed by atoms with Gasteiger partial charge >= 0.3 is 0 Å². The fraction of sp³-hybridized carbons (Fsp3) is 0.200. The van der Waals surface area contributed by atoms with Crippen LogP contribution < -0.4 is 5.32 Å². The highest BCUT2D eigenvalue weighted by Gasteiger charge is 2.10. The Morgan fingerprint density at radius 1 is 1.16 bits per heavy atom. The first kappa shape index (κ1) is 12.1. The fourth-order valence-corrected chi connectivity index (χ4v) is 2.83. The molecule has 0 aliphatic heterocycles. The SMILES string of the molecule is Cc1ccc(NC(C)c2nccs2)c2cccnc12. The third kappa shape index (κ3) is 2.31. The molecule has 4 heteroatoms. The van der Waals surface area contributed by atoms with Gasteiger partial charge in [-0.1, -0.05) is 6.07 Å². The second kappa shape index (κ2) is 4.97. The van der Waals surface area contributed by atoms with Crippen molar-refractivity contribution < 1.29 is 0 Å². The zero-order valence-electron chi connectivity index (χ0n) is 10.9. The molecule has 3 aromatic rings. The Kier molecular flexibility index (Phi) is 3.17. The van der Waals surface area contributed by atoms with Gasteiger partial charge in [0.2, 0.25) is 0 Å². The van der Waals surface area contributed by atoms with Gasteiger partial charge < -0.3 is 5.32 Å². The summed E-state index contributed by atoms with van der Waals surface area (Å²) in [6, 6.07) is 8.49. The van der Waals surface area contributed by atoms with Gasteiger partial charge in [-0.15, -0.1) is 11.3 Å². The highest BCUT2D eigenvalue weighted by molar-refractivity contribution is 7.09. The highest BCUT2D eigenvalue weighted by Crippen LogP contribution is 2.28. The van der Waals surface area contributed by atoms with Crippen LogP contribution in [-0.4, -0.2) is 9.97 Å². The van der Waals surface area contributed by atoms with Crippen molar-refractivity contribution >= 4 is 27.9 Å². The third-order valence-electron chi connectivity index (χ3n) is 3.17. The number of hydrogen-bond acceptors (Lipinski definition) is 4. The molecule has 96 valence electrons. The summed E-state index contributed by atoms with van der Waals surface area (Å²) in [6.07, 6.45) is 3.68. The van der Waals surface area contributed by atoms with Gasteiger partial charge in [-0.25, -0.2) is 4.98 Å². The number of fused-ring (bicyclic) bond motifs is 1. The van der Waals surface area contributed by atoms with Gasteiger partial charge in [-0.05, 0) is 37.6 Å². The molecule has 3 rings (SSSR count). The molecule has 3 nitrogen and oxygen atoms in total. The van der Waals surface area contributed by atoms with Crippen LogP contribution in [0.2, 0.25) is 0 Å². The maximum Gasteiger partial charge on any atom is 0.115 e. The van der Waals surface area contributed by atoms with E-state index in [4.69, 9.17) is 0 Å². The first-order valence-electron chi connectivity index (χ1n) is 6.26. The molecule has 1 aromatic carbocycles. The lowest BCUT2D eigenvalue weighted by Crippen LogP contribution is -2.06. The smallest absolute Gasteiger partial charge is 0.115 e. The summed E-state index contributed by atoms with van der Waals surface area (Å²) in [6.45, 7) is 4.21. The normalized spacial score (nSPS) is 12.5. The van der Waals surface area contributed by atoms with Crippen molar-refractivity contribution in [3.8, 4) is 0 Å². The van der Waals surface area contributed by atoms with Gasteiger partial charge in [-0.2, -0.15) is 0 Å². The lowest BCUT2D eigenvalue weighted by atomic mass is 10.1. The molecular weight excluding hydrogens is 254 g/mol. The van der Waals surface area contributed by atoms with Crippen molar-refractivity contribution in [2.45, 2.75) is 19.9 Å². The average molecular weight is 269 g/mol. The fourth-order valence-electron chi connectivity index (χ4n) is 2.18. The molecule has 1 atom stereocenters. The van der Waals surface area contributed by atoms with Crippen LogP contribution in [0.15, 0.2) is 42.0 Å². The van der Waals surface area contributed by atoms with Crippen LogP contribution in [0, 0.1) is 6.92 Å². The lowest BCUT2D eigenvalue weighted by molar-refractivity contribution is 0.871. The first-order valence-corrected chi connectivity index (χ1v) is 7.14. The van der Waals surface area contributed by atoms with Crippen LogP contribution in [0.4, 0.5) is 5.69 Å². The molecule has 0 bridgehead atoms. The monoisotopic (exact) mass is 269 g/mol. The Balaban J connectivity index is 2.00. The zero-order chi connectivity index (χ0) is 13.2. The van der Waals surface area contributed by atoms with E-state index in [9.17, 15) is 0 Å². The standard InChI is InChI=1S/C15H15N3S/c1-10-5-6-13(12-4-3-7-16-14(10)12)18-11(2)15-17-8-9-19-15/h3-9,11,18H,1-2H3. The van der Waals surface area contributed by atoms with Crippen molar-refractivity contribution in [1.82, 2.24) is 9.97 Å². The van der Waals surface area contributed by atoms with Crippen molar-refractivity contribution in [3.63, 3.8) is 0 Å². The predicted octanol–water partition coefficient (Wildman–Crippen LogP) is 4.17. The molecule has 0 radical (unpaired) electrons. The Bertz CT molecular complexity index is 692. The van der Waals surface area contributed by atoms with E-state index in [2.05, 4.69) is 47.3 Å². The van der Waals surface area contributed by atoms with Crippen LogP contribution in [0.5, 0.6) is 0 Å². The van der Waals surface area contributed by atoms with Gasteiger partial charge in [0.25, 0.3) is 0 Å². The van der Waals surface area contributed by atoms with Crippen LogP contribution in [0.3, 0.4) is 0 Å². The van der Waals surface area contributed by atoms with E-state index >= 15 is 0 Å². The molecule has 0 saturated heterocycles. The van der Waals surface area contributed by atoms with E-state index in [1.165, 1.54) is 5.56 Å².